The third-order valence-electron chi connectivity index (χ3n) is 3.04. The van der Waals surface area contributed by atoms with Gasteiger partial charge in [0.25, 0.3) is 0 Å². The van der Waals surface area contributed by atoms with Crippen molar-refractivity contribution in [3.63, 3.8) is 0 Å². The number of nitroso groups, excluding NO2 is 1. The van der Waals surface area contributed by atoms with Crippen molar-refractivity contribution in [1.82, 2.24) is 0 Å². The van der Waals surface area contributed by atoms with Crippen molar-refractivity contribution in [2.24, 2.45) is 5.18 Å². The molecule has 5 nitrogen and oxygen atoms in total. The summed E-state index contributed by atoms with van der Waals surface area (Å²) in [5, 5.41) is 27.7. The molecule has 0 aromatic heterocycles. The molecule has 0 aliphatic rings. The molecule has 0 amide bonds. The molecular weight excluding hydrogens is 366 g/mol. The third kappa shape index (κ3) is 19.5. The van der Waals surface area contributed by atoms with E-state index in [1.165, 1.54) is 13.8 Å². The summed E-state index contributed by atoms with van der Waals surface area (Å²) in [7, 11) is 0. The predicted molar refractivity (Wildman–Crippen MR) is 125 cm³/mol. The Balaban J connectivity index is -0.000000326. The molecular formula is C24H37NO4. The lowest BCUT2D eigenvalue weighted by Gasteiger charge is -1.99. The topological polar surface area (TPSA) is 90.1 Å². The van der Waals surface area contributed by atoms with E-state index >= 15 is 0 Å². The summed E-state index contributed by atoms with van der Waals surface area (Å²) in [6.07, 6.45) is 0. The summed E-state index contributed by atoms with van der Waals surface area (Å²) < 4.78 is 0. The number of phenols is 1. The molecule has 3 N–H and O–H groups in total. The number of nitrogens with zero attached hydrogens (tertiary/aromatic N) is 1. The molecule has 0 spiro atoms. The largest absolute Gasteiger partial charge is 0.513 e. The van der Waals surface area contributed by atoms with Gasteiger partial charge < -0.3 is 15.3 Å². The van der Waals surface area contributed by atoms with Crippen LogP contribution in [-0.2, 0) is 0 Å². The highest BCUT2D eigenvalue weighted by Crippen LogP contribution is 2.19. The highest BCUT2D eigenvalue weighted by Gasteiger charge is 1.96. The maximum atomic E-state index is 10.1. The lowest BCUT2D eigenvalue weighted by atomic mass is 10.1. The van der Waals surface area contributed by atoms with Gasteiger partial charge in [0, 0.05) is 0 Å². The summed E-state index contributed by atoms with van der Waals surface area (Å²) in [6, 6.07) is 11.2. The first-order chi connectivity index (χ1) is 13.4. The minimum atomic E-state index is 0.167. The fourth-order valence-electron chi connectivity index (χ4n) is 1.55. The van der Waals surface area contributed by atoms with Gasteiger partial charge in [-0.3, -0.25) is 0 Å². The molecule has 0 fully saturated rings. The van der Waals surface area contributed by atoms with Crippen molar-refractivity contribution < 1.29 is 15.3 Å². The zero-order valence-electron chi connectivity index (χ0n) is 19.1. The van der Waals surface area contributed by atoms with Crippen molar-refractivity contribution in [2.75, 3.05) is 0 Å². The number of rotatable bonds is 1. The smallest absolute Gasteiger partial charge is 0.118 e. The van der Waals surface area contributed by atoms with Gasteiger partial charge in [-0.1, -0.05) is 51.3 Å². The zero-order chi connectivity index (χ0) is 23.6. The van der Waals surface area contributed by atoms with Crippen molar-refractivity contribution in [3.05, 3.63) is 88.2 Å². The van der Waals surface area contributed by atoms with E-state index in [2.05, 4.69) is 18.3 Å². The third-order valence-corrected chi connectivity index (χ3v) is 3.04. The van der Waals surface area contributed by atoms with Crippen molar-refractivity contribution in [2.45, 2.75) is 55.4 Å². The molecule has 0 bridgehead atoms. The number of aliphatic hydroxyl groups is 2. The van der Waals surface area contributed by atoms with Crippen LogP contribution in [0.15, 0.2) is 66.3 Å². The number of aromatic hydroxyl groups is 1. The molecule has 0 unspecified atom stereocenters. The van der Waals surface area contributed by atoms with Crippen molar-refractivity contribution in [3.8, 4) is 5.75 Å². The van der Waals surface area contributed by atoms with E-state index < -0.39 is 0 Å². The highest BCUT2D eigenvalue weighted by atomic mass is 16.3. The second kappa shape index (κ2) is 18.3. The van der Waals surface area contributed by atoms with Crippen LogP contribution in [0.4, 0.5) is 5.69 Å². The molecule has 0 saturated heterocycles. The van der Waals surface area contributed by atoms with Gasteiger partial charge in [-0.25, -0.2) is 0 Å². The van der Waals surface area contributed by atoms with Gasteiger partial charge in [-0.05, 0) is 81.1 Å². The maximum absolute atomic E-state index is 10.1. The van der Waals surface area contributed by atoms with Gasteiger partial charge in [0.2, 0.25) is 0 Å². The summed E-state index contributed by atoms with van der Waals surface area (Å²) in [5.41, 5.74) is 4.65. The summed E-state index contributed by atoms with van der Waals surface area (Å²) in [6.45, 7) is 21.0. The molecule has 5 heteroatoms. The average Bonchev–Trinajstić information content (AvgIpc) is 2.63. The van der Waals surface area contributed by atoms with Crippen LogP contribution in [0.25, 0.3) is 0 Å². The Hall–Kier alpha value is -3.08. The van der Waals surface area contributed by atoms with E-state index in [1.54, 1.807) is 12.1 Å². The molecule has 0 heterocycles. The van der Waals surface area contributed by atoms with E-state index in [9.17, 15) is 4.91 Å². The molecule has 2 aromatic carbocycles. The van der Waals surface area contributed by atoms with Crippen LogP contribution < -0.4 is 0 Å². The Bertz CT molecular complexity index is 712. The molecule has 2 aromatic rings. The number of allylic oxidation sites excluding steroid dienone is 2. The fourth-order valence-corrected chi connectivity index (χ4v) is 1.55. The second-order valence-corrected chi connectivity index (χ2v) is 6.07. The number of benzene rings is 2. The van der Waals surface area contributed by atoms with E-state index in [4.69, 9.17) is 15.3 Å². The van der Waals surface area contributed by atoms with E-state index in [-0.39, 0.29) is 11.5 Å². The van der Waals surface area contributed by atoms with E-state index in [1.807, 2.05) is 65.8 Å². The van der Waals surface area contributed by atoms with Gasteiger partial charge in [0.1, 0.15) is 11.4 Å². The first kappa shape index (κ1) is 30.6. The van der Waals surface area contributed by atoms with Crippen molar-refractivity contribution in [1.29, 1.82) is 0 Å². The van der Waals surface area contributed by atoms with Gasteiger partial charge in [-0.15, -0.1) is 4.91 Å². The summed E-state index contributed by atoms with van der Waals surface area (Å²) in [4.78, 5) is 10.1. The Kier molecular flexibility index (Phi) is 19.3. The lowest BCUT2D eigenvalue weighted by Crippen LogP contribution is -1.78. The maximum Gasteiger partial charge on any atom is 0.118 e. The van der Waals surface area contributed by atoms with E-state index in [0.717, 1.165) is 22.3 Å². The van der Waals surface area contributed by atoms with Crippen LogP contribution >= 0.6 is 0 Å². The Morgan fingerprint density at radius 1 is 0.862 bits per heavy atom. The predicted octanol–water partition coefficient (Wildman–Crippen LogP) is 7.89. The number of hydrogen-bond donors (Lipinski definition) is 3. The normalized spacial score (nSPS) is 8.14. The molecule has 29 heavy (non-hydrogen) atoms. The molecule has 0 aliphatic carbocycles. The number of aliphatic hydroxyl groups excluding tert-OH is 2. The molecule has 0 aliphatic heterocycles. The van der Waals surface area contributed by atoms with Crippen LogP contribution in [0.1, 0.15) is 49.9 Å². The highest BCUT2D eigenvalue weighted by molar-refractivity contribution is 5.47. The standard InChI is InChI=1S/C8H9NO.C8H10O.2C3H6O.C2H6/c1-6-3-4-7(2)8(5-6)9-10;1-6-4-3-5-8(9)7(6)2;2*1-3(2)4;1-2/h3-5H,1-2H3;3-5,9H,1-2H3;2*4H,1H2,2H3;1-2H3. The lowest BCUT2D eigenvalue weighted by molar-refractivity contribution is 0.416. The van der Waals surface area contributed by atoms with Crippen LogP contribution in [-0.4, -0.2) is 15.3 Å². The first-order valence-corrected chi connectivity index (χ1v) is 9.27. The summed E-state index contributed by atoms with van der Waals surface area (Å²) in [5.74, 6) is 0.718. The number of aryl methyl sites for hydroxylation is 3. The SMILES string of the molecule is C=C(C)O.C=C(C)O.CC.Cc1ccc(C)c(N=O)c1.Cc1cccc(O)c1C. The van der Waals surface area contributed by atoms with Crippen molar-refractivity contribution >= 4 is 5.69 Å². The van der Waals surface area contributed by atoms with Crippen LogP contribution in [0, 0.1) is 32.6 Å². The average molecular weight is 404 g/mol. The van der Waals surface area contributed by atoms with Gasteiger partial charge in [0.05, 0.1) is 11.5 Å². The van der Waals surface area contributed by atoms with Crippen LogP contribution in [0.3, 0.4) is 0 Å². The minimum Gasteiger partial charge on any atom is -0.513 e. The quantitative estimate of drug-likeness (QED) is 0.333. The molecule has 0 atom stereocenters. The summed E-state index contributed by atoms with van der Waals surface area (Å²) >= 11 is 0. The molecule has 162 valence electrons. The van der Waals surface area contributed by atoms with Gasteiger partial charge in [-0.2, -0.15) is 0 Å². The Morgan fingerprint density at radius 3 is 1.62 bits per heavy atom. The number of hydrogen-bond acceptors (Lipinski definition) is 5. The molecule has 0 saturated carbocycles. The number of phenolic OH excluding ortho intramolecular Hbond substituents is 1. The van der Waals surface area contributed by atoms with Gasteiger partial charge in [0.15, 0.2) is 0 Å². The minimum absolute atomic E-state index is 0.167. The zero-order valence-corrected chi connectivity index (χ0v) is 19.1. The van der Waals surface area contributed by atoms with Crippen LogP contribution in [0.5, 0.6) is 5.75 Å². The fraction of sp³-hybridized carbons (Fsp3) is 0.333. The Labute approximate surface area is 176 Å². The van der Waals surface area contributed by atoms with E-state index in [0.29, 0.717) is 11.4 Å². The molecule has 0 radical (unpaired) electrons. The molecule has 2 rings (SSSR count). The van der Waals surface area contributed by atoms with Gasteiger partial charge >= 0.3 is 0 Å². The monoisotopic (exact) mass is 403 g/mol. The Morgan fingerprint density at radius 2 is 1.31 bits per heavy atom. The second-order valence-electron chi connectivity index (χ2n) is 6.07. The van der Waals surface area contributed by atoms with Crippen LogP contribution in [0.2, 0.25) is 0 Å². The first-order valence-electron chi connectivity index (χ1n) is 9.27.